The van der Waals surface area contributed by atoms with Gasteiger partial charge in [-0.15, -0.1) is 11.6 Å². The van der Waals surface area contributed by atoms with Crippen LogP contribution in [0.25, 0.3) is 0 Å². The van der Waals surface area contributed by atoms with Crippen molar-refractivity contribution in [2.75, 3.05) is 6.61 Å². The highest BCUT2D eigenvalue weighted by atomic mass is 79.9. The highest BCUT2D eigenvalue weighted by Gasteiger charge is 2.16. The molecule has 0 bridgehead atoms. The van der Waals surface area contributed by atoms with Crippen LogP contribution in [-0.2, 0) is 0 Å². The van der Waals surface area contributed by atoms with E-state index in [0.717, 1.165) is 21.3 Å². The molecule has 0 spiro atoms. The normalized spacial score (nSPS) is 12.2. The Labute approximate surface area is 127 Å². The summed E-state index contributed by atoms with van der Waals surface area (Å²) in [5.74, 6) is 0.857. The van der Waals surface area contributed by atoms with Crippen molar-refractivity contribution < 1.29 is 4.74 Å². The van der Waals surface area contributed by atoms with E-state index in [0.29, 0.717) is 6.61 Å². The van der Waals surface area contributed by atoms with Gasteiger partial charge in [0.25, 0.3) is 0 Å². The first-order chi connectivity index (χ1) is 9.11. The van der Waals surface area contributed by atoms with E-state index in [9.17, 15) is 0 Å². The summed E-state index contributed by atoms with van der Waals surface area (Å²) in [6.07, 6.45) is 0. The third kappa shape index (κ3) is 3.52. The molecule has 2 aromatic rings. The molecule has 1 atom stereocenters. The smallest absolute Gasteiger partial charge is 0.124 e. The van der Waals surface area contributed by atoms with Crippen LogP contribution in [0.15, 0.2) is 46.9 Å². The van der Waals surface area contributed by atoms with Gasteiger partial charge in [0.1, 0.15) is 5.75 Å². The van der Waals surface area contributed by atoms with Gasteiger partial charge < -0.3 is 4.74 Å². The lowest BCUT2D eigenvalue weighted by Crippen LogP contribution is -2.00. The molecule has 0 N–H and O–H groups in total. The summed E-state index contributed by atoms with van der Waals surface area (Å²) < 4.78 is 6.72. The largest absolute Gasteiger partial charge is 0.494 e. The minimum atomic E-state index is -0.199. The molecule has 0 amide bonds. The monoisotopic (exact) mass is 338 g/mol. The minimum Gasteiger partial charge on any atom is -0.494 e. The summed E-state index contributed by atoms with van der Waals surface area (Å²) in [5, 5.41) is -0.199. The van der Waals surface area contributed by atoms with E-state index in [1.54, 1.807) is 0 Å². The van der Waals surface area contributed by atoms with Crippen LogP contribution in [0.4, 0.5) is 0 Å². The van der Waals surface area contributed by atoms with E-state index < -0.39 is 0 Å². The van der Waals surface area contributed by atoms with Crippen molar-refractivity contribution >= 4 is 27.5 Å². The van der Waals surface area contributed by atoms with Gasteiger partial charge in [-0.05, 0) is 37.6 Å². The zero-order valence-corrected chi connectivity index (χ0v) is 13.3. The molecular weight excluding hydrogens is 324 g/mol. The SMILES string of the molecule is CCOc1ccc(C)cc1C(Cl)c1ccc(Br)cc1. The maximum Gasteiger partial charge on any atom is 0.124 e. The van der Waals surface area contributed by atoms with E-state index in [1.165, 1.54) is 5.56 Å². The third-order valence-corrected chi connectivity index (χ3v) is 3.92. The average Bonchev–Trinajstić information content (AvgIpc) is 2.41. The Bertz CT molecular complexity index is 551. The topological polar surface area (TPSA) is 9.23 Å². The van der Waals surface area contributed by atoms with E-state index in [4.69, 9.17) is 16.3 Å². The predicted molar refractivity (Wildman–Crippen MR) is 84.2 cm³/mol. The lowest BCUT2D eigenvalue weighted by Gasteiger charge is -2.16. The van der Waals surface area contributed by atoms with Crippen LogP contribution in [0.1, 0.15) is 29.0 Å². The van der Waals surface area contributed by atoms with Gasteiger partial charge in [-0.25, -0.2) is 0 Å². The molecule has 2 rings (SSSR count). The zero-order valence-electron chi connectivity index (χ0n) is 11.0. The standard InChI is InChI=1S/C16H16BrClO/c1-3-19-15-9-4-11(2)10-14(15)16(18)12-5-7-13(17)8-6-12/h4-10,16H,3H2,1-2H3. The fraction of sp³-hybridized carbons (Fsp3) is 0.250. The molecule has 3 heteroatoms. The van der Waals surface area contributed by atoms with Crippen molar-refractivity contribution in [3.05, 3.63) is 63.6 Å². The Morgan fingerprint density at radius 3 is 2.47 bits per heavy atom. The van der Waals surface area contributed by atoms with Crippen molar-refractivity contribution in [1.82, 2.24) is 0 Å². The van der Waals surface area contributed by atoms with Crippen LogP contribution in [0.3, 0.4) is 0 Å². The Morgan fingerprint density at radius 1 is 1.16 bits per heavy atom. The van der Waals surface area contributed by atoms with Gasteiger partial charge in [-0.1, -0.05) is 45.8 Å². The van der Waals surface area contributed by atoms with Crippen LogP contribution in [0.2, 0.25) is 0 Å². The summed E-state index contributed by atoms with van der Waals surface area (Å²) in [5.41, 5.74) is 3.27. The van der Waals surface area contributed by atoms with Gasteiger partial charge >= 0.3 is 0 Å². The van der Waals surface area contributed by atoms with Crippen molar-refractivity contribution in [2.24, 2.45) is 0 Å². The second kappa shape index (κ2) is 6.44. The maximum atomic E-state index is 6.60. The van der Waals surface area contributed by atoms with Gasteiger partial charge in [0, 0.05) is 10.0 Å². The van der Waals surface area contributed by atoms with E-state index in [-0.39, 0.29) is 5.38 Å². The molecule has 0 aliphatic carbocycles. The summed E-state index contributed by atoms with van der Waals surface area (Å²) >= 11 is 10.0. The molecule has 0 aliphatic heterocycles. The zero-order chi connectivity index (χ0) is 13.8. The molecule has 100 valence electrons. The highest BCUT2D eigenvalue weighted by molar-refractivity contribution is 9.10. The number of aryl methyl sites for hydroxylation is 1. The fourth-order valence-corrected chi connectivity index (χ4v) is 2.54. The van der Waals surface area contributed by atoms with Crippen LogP contribution < -0.4 is 4.74 Å². The second-order valence-corrected chi connectivity index (χ2v) is 5.74. The molecule has 0 heterocycles. The summed E-state index contributed by atoms with van der Waals surface area (Å²) in [6.45, 7) is 4.68. The fourth-order valence-electron chi connectivity index (χ4n) is 1.96. The second-order valence-electron chi connectivity index (χ2n) is 4.39. The highest BCUT2D eigenvalue weighted by Crippen LogP contribution is 2.36. The van der Waals surface area contributed by atoms with Gasteiger partial charge in [0.15, 0.2) is 0 Å². The summed E-state index contributed by atoms with van der Waals surface area (Å²) in [4.78, 5) is 0. The Morgan fingerprint density at radius 2 is 1.84 bits per heavy atom. The number of ether oxygens (including phenoxy) is 1. The molecule has 19 heavy (non-hydrogen) atoms. The van der Waals surface area contributed by atoms with Crippen molar-refractivity contribution in [2.45, 2.75) is 19.2 Å². The molecule has 1 nitrogen and oxygen atoms in total. The van der Waals surface area contributed by atoms with Crippen LogP contribution in [0, 0.1) is 6.92 Å². The first kappa shape index (κ1) is 14.4. The summed E-state index contributed by atoms with van der Waals surface area (Å²) in [7, 11) is 0. The van der Waals surface area contributed by atoms with Gasteiger partial charge in [-0.3, -0.25) is 0 Å². The van der Waals surface area contributed by atoms with Crippen LogP contribution >= 0.6 is 27.5 Å². The molecule has 0 aromatic heterocycles. The van der Waals surface area contributed by atoms with Crippen LogP contribution in [-0.4, -0.2) is 6.61 Å². The number of alkyl halides is 1. The van der Waals surface area contributed by atoms with Gasteiger partial charge in [-0.2, -0.15) is 0 Å². The molecule has 1 unspecified atom stereocenters. The predicted octanol–water partition coefficient (Wildman–Crippen LogP) is 5.48. The number of hydrogen-bond acceptors (Lipinski definition) is 1. The molecule has 0 radical (unpaired) electrons. The Hall–Kier alpha value is -0.990. The maximum absolute atomic E-state index is 6.60. The number of benzene rings is 2. The van der Waals surface area contributed by atoms with Gasteiger partial charge in [0.05, 0.1) is 12.0 Å². The first-order valence-corrected chi connectivity index (χ1v) is 7.47. The molecular formula is C16H16BrClO. The Balaban J connectivity index is 2.39. The Kier molecular flexibility index (Phi) is 4.89. The lowest BCUT2D eigenvalue weighted by molar-refractivity contribution is 0.337. The van der Waals surface area contributed by atoms with E-state index >= 15 is 0 Å². The van der Waals surface area contributed by atoms with Crippen LogP contribution in [0.5, 0.6) is 5.75 Å². The number of hydrogen-bond donors (Lipinski definition) is 0. The minimum absolute atomic E-state index is 0.199. The van der Waals surface area contributed by atoms with Crippen molar-refractivity contribution in [1.29, 1.82) is 0 Å². The van der Waals surface area contributed by atoms with Gasteiger partial charge in [0.2, 0.25) is 0 Å². The van der Waals surface area contributed by atoms with E-state index in [2.05, 4.69) is 28.9 Å². The molecule has 0 fully saturated rings. The lowest BCUT2D eigenvalue weighted by atomic mass is 10.0. The molecule has 2 aromatic carbocycles. The molecule has 0 saturated heterocycles. The van der Waals surface area contributed by atoms with E-state index in [1.807, 2.05) is 43.3 Å². The average molecular weight is 340 g/mol. The first-order valence-electron chi connectivity index (χ1n) is 6.24. The number of rotatable bonds is 4. The third-order valence-electron chi connectivity index (χ3n) is 2.90. The number of halogens is 2. The van der Waals surface area contributed by atoms with Crippen molar-refractivity contribution in [3.63, 3.8) is 0 Å². The molecule has 0 saturated carbocycles. The summed E-state index contributed by atoms with van der Waals surface area (Å²) in [6, 6.07) is 14.2. The quantitative estimate of drug-likeness (QED) is 0.670. The molecule has 0 aliphatic rings. The van der Waals surface area contributed by atoms with Crippen molar-refractivity contribution in [3.8, 4) is 5.75 Å².